The number of amides is 1. The monoisotopic (exact) mass is 347 g/mol. The predicted octanol–water partition coefficient (Wildman–Crippen LogP) is 2.69. The summed E-state index contributed by atoms with van der Waals surface area (Å²) >= 11 is 1.59. The lowest BCUT2D eigenvalue weighted by molar-refractivity contribution is -0.125. The van der Waals surface area contributed by atoms with Gasteiger partial charge in [-0.1, -0.05) is 18.3 Å². The Labute approximate surface area is 146 Å². The summed E-state index contributed by atoms with van der Waals surface area (Å²) in [5.41, 5.74) is 2.32. The van der Waals surface area contributed by atoms with Gasteiger partial charge in [-0.3, -0.25) is 9.36 Å². The van der Waals surface area contributed by atoms with Gasteiger partial charge in [-0.2, -0.15) is 0 Å². The number of anilines is 1. The molecule has 1 amide bonds. The van der Waals surface area contributed by atoms with Crippen LogP contribution in [-0.2, 0) is 4.79 Å². The van der Waals surface area contributed by atoms with Crippen LogP contribution in [0.25, 0.3) is 5.13 Å². The van der Waals surface area contributed by atoms with Gasteiger partial charge in [0.2, 0.25) is 16.2 Å². The number of carbonyl (C=O) groups is 1. The standard InChI is InChI=1S/C17H25N5OS/c1-4-9-18-15(23)14-6-5-10-21(11-14)16-19-20-17(24-16)22-12(2)7-8-13(22)3/h7-8,14H,4-6,9-11H2,1-3H3,(H,18,23)/t14-/m0/s1. The number of aryl methyl sites for hydroxylation is 2. The van der Waals surface area contributed by atoms with E-state index in [1.54, 1.807) is 11.3 Å². The zero-order valence-electron chi connectivity index (χ0n) is 14.6. The first-order chi connectivity index (χ1) is 11.6. The Morgan fingerprint density at radius 2 is 2.00 bits per heavy atom. The third kappa shape index (κ3) is 3.45. The fourth-order valence-electron chi connectivity index (χ4n) is 3.15. The maximum absolute atomic E-state index is 12.2. The van der Waals surface area contributed by atoms with E-state index in [1.807, 2.05) is 0 Å². The molecule has 6 nitrogen and oxygen atoms in total. The smallest absolute Gasteiger partial charge is 0.224 e. The molecule has 0 spiro atoms. The van der Waals surface area contributed by atoms with Crippen molar-refractivity contribution in [1.82, 2.24) is 20.1 Å². The second kappa shape index (κ2) is 7.34. The van der Waals surface area contributed by atoms with Gasteiger partial charge in [0.25, 0.3) is 0 Å². The van der Waals surface area contributed by atoms with Crippen LogP contribution in [0.2, 0.25) is 0 Å². The first-order valence-electron chi connectivity index (χ1n) is 8.61. The summed E-state index contributed by atoms with van der Waals surface area (Å²) in [6.07, 6.45) is 2.94. The lowest BCUT2D eigenvalue weighted by atomic mass is 9.97. The molecule has 3 rings (SSSR count). The molecule has 2 aromatic rings. The van der Waals surface area contributed by atoms with E-state index in [9.17, 15) is 4.79 Å². The second-order valence-corrected chi connectivity index (χ2v) is 7.33. The highest BCUT2D eigenvalue weighted by Gasteiger charge is 2.27. The number of piperidine rings is 1. The topological polar surface area (TPSA) is 63.1 Å². The molecule has 1 N–H and O–H groups in total. The van der Waals surface area contributed by atoms with Crippen LogP contribution in [0, 0.1) is 19.8 Å². The van der Waals surface area contributed by atoms with Crippen LogP contribution in [0.5, 0.6) is 0 Å². The molecule has 0 aliphatic carbocycles. The highest BCUT2D eigenvalue weighted by molar-refractivity contribution is 7.17. The number of nitrogens with zero attached hydrogens (tertiary/aromatic N) is 4. The summed E-state index contributed by atoms with van der Waals surface area (Å²) in [5, 5.41) is 13.6. The lowest BCUT2D eigenvalue weighted by Gasteiger charge is -2.31. The molecular weight excluding hydrogens is 322 g/mol. The molecule has 0 unspecified atom stereocenters. The van der Waals surface area contributed by atoms with Crippen molar-refractivity contribution in [3.05, 3.63) is 23.5 Å². The van der Waals surface area contributed by atoms with E-state index in [0.29, 0.717) is 0 Å². The van der Waals surface area contributed by atoms with Crippen molar-refractivity contribution in [2.45, 2.75) is 40.0 Å². The molecule has 0 bridgehead atoms. The molecule has 7 heteroatoms. The van der Waals surface area contributed by atoms with Crippen LogP contribution in [0.15, 0.2) is 12.1 Å². The normalized spacial score (nSPS) is 18.0. The maximum atomic E-state index is 12.2. The largest absolute Gasteiger partial charge is 0.356 e. The van der Waals surface area contributed by atoms with E-state index in [2.05, 4.69) is 57.9 Å². The Morgan fingerprint density at radius 3 is 2.71 bits per heavy atom. The maximum Gasteiger partial charge on any atom is 0.224 e. The number of rotatable bonds is 5. The molecule has 1 fully saturated rings. The van der Waals surface area contributed by atoms with Gasteiger partial charge in [-0.15, -0.1) is 10.2 Å². The van der Waals surface area contributed by atoms with Crippen molar-refractivity contribution in [2.75, 3.05) is 24.5 Å². The Hall–Kier alpha value is -1.89. The third-order valence-electron chi connectivity index (χ3n) is 4.48. The molecule has 1 saturated heterocycles. The van der Waals surface area contributed by atoms with E-state index in [-0.39, 0.29) is 11.8 Å². The van der Waals surface area contributed by atoms with Crippen LogP contribution in [0.4, 0.5) is 5.13 Å². The molecule has 24 heavy (non-hydrogen) atoms. The van der Waals surface area contributed by atoms with Crippen LogP contribution in [0.1, 0.15) is 37.6 Å². The fourth-order valence-corrected chi connectivity index (χ4v) is 4.15. The van der Waals surface area contributed by atoms with E-state index in [4.69, 9.17) is 0 Å². The number of nitrogens with one attached hydrogen (secondary N) is 1. The van der Waals surface area contributed by atoms with E-state index < -0.39 is 0 Å². The zero-order chi connectivity index (χ0) is 17.1. The summed E-state index contributed by atoms with van der Waals surface area (Å²) in [6, 6.07) is 4.18. The minimum Gasteiger partial charge on any atom is -0.356 e. The van der Waals surface area contributed by atoms with Crippen LogP contribution < -0.4 is 10.2 Å². The van der Waals surface area contributed by atoms with Gasteiger partial charge in [0.1, 0.15) is 0 Å². The minimum atomic E-state index is 0.0488. The van der Waals surface area contributed by atoms with Gasteiger partial charge in [-0.05, 0) is 45.2 Å². The number of aromatic nitrogens is 3. The van der Waals surface area contributed by atoms with Crippen molar-refractivity contribution in [3.63, 3.8) is 0 Å². The first-order valence-corrected chi connectivity index (χ1v) is 9.43. The molecule has 1 aliphatic heterocycles. The number of hydrogen-bond acceptors (Lipinski definition) is 5. The molecule has 1 atom stereocenters. The van der Waals surface area contributed by atoms with Gasteiger partial charge in [0.05, 0.1) is 5.92 Å². The average molecular weight is 347 g/mol. The van der Waals surface area contributed by atoms with Crippen LogP contribution in [-0.4, -0.2) is 40.3 Å². The summed E-state index contributed by atoms with van der Waals surface area (Å²) in [4.78, 5) is 14.4. The zero-order valence-corrected chi connectivity index (χ0v) is 15.4. The van der Waals surface area contributed by atoms with Gasteiger partial charge in [0.15, 0.2) is 0 Å². The Morgan fingerprint density at radius 1 is 1.29 bits per heavy atom. The lowest BCUT2D eigenvalue weighted by Crippen LogP contribution is -2.43. The predicted molar refractivity (Wildman–Crippen MR) is 96.9 cm³/mol. The summed E-state index contributed by atoms with van der Waals surface area (Å²) < 4.78 is 2.12. The molecule has 3 heterocycles. The molecule has 0 radical (unpaired) electrons. The van der Waals surface area contributed by atoms with Gasteiger partial charge < -0.3 is 10.2 Å². The molecule has 0 aromatic carbocycles. The summed E-state index contributed by atoms with van der Waals surface area (Å²) in [7, 11) is 0. The Kier molecular flexibility index (Phi) is 5.18. The highest BCUT2D eigenvalue weighted by Crippen LogP contribution is 2.29. The van der Waals surface area contributed by atoms with Crippen molar-refractivity contribution in [2.24, 2.45) is 5.92 Å². The average Bonchev–Trinajstić information content (AvgIpc) is 3.19. The fraction of sp³-hybridized carbons (Fsp3) is 0.588. The van der Waals surface area contributed by atoms with E-state index in [0.717, 1.165) is 60.5 Å². The Bertz CT molecular complexity index is 688. The SMILES string of the molecule is CCCNC(=O)[C@H]1CCCN(c2nnc(-n3c(C)ccc3C)s2)C1. The minimum absolute atomic E-state index is 0.0488. The quantitative estimate of drug-likeness (QED) is 0.903. The van der Waals surface area contributed by atoms with E-state index >= 15 is 0 Å². The van der Waals surface area contributed by atoms with Gasteiger partial charge in [0, 0.05) is 31.0 Å². The number of carbonyl (C=O) groups excluding carboxylic acids is 1. The summed E-state index contributed by atoms with van der Waals surface area (Å²) in [5.74, 6) is 0.219. The third-order valence-corrected chi connectivity index (χ3v) is 5.45. The highest BCUT2D eigenvalue weighted by atomic mass is 32.1. The molecule has 130 valence electrons. The van der Waals surface area contributed by atoms with Crippen molar-refractivity contribution in [1.29, 1.82) is 0 Å². The van der Waals surface area contributed by atoms with Crippen LogP contribution in [0.3, 0.4) is 0 Å². The van der Waals surface area contributed by atoms with Gasteiger partial charge >= 0.3 is 0 Å². The molecule has 1 aliphatic rings. The first kappa shape index (κ1) is 17.0. The van der Waals surface area contributed by atoms with Crippen LogP contribution >= 0.6 is 11.3 Å². The molecular formula is C17H25N5OS. The van der Waals surface area contributed by atoms with Crippen molar-refractivity contribution < 1.29 is 4.79 Å². The van der Waals surface area contributed by atoms with Gasteiger partial charge in [-0.25, -0.2) is 0 Å². The summed E-state index contributed by atoms with van der Waals surface area (Å²) in [6.45, 7) is 8.64. The Balaban J connectivity index is 1.72. The second-order valence-electron chi connectivity index (χ2n) is 6.39. The van der Waals surface area contributed by atoms with Crippen molar-refractivity contribution in [3.8, 4) is 5.13 Å². The number of hydrogen-bond donors (Lipinski definition) is 1. The van der Waals surface area contributed by atoms with Crippen molar-refractivity contribution >= 4 is 22.4 Å². The molecule has 2 aromatic heterocycles. The molecule has 0 saturated carbocycles. The van der Waals surface area contributed by atoms with E-state index in [1.165, 1.54) is 0 Å².